The first-order chi connectivity index (χ1) is 9.09. The second kappa shape index (κ2) is 6.20. The molecule has 0 spiro atoms. The van der Waals surface area contributed by atoms with Crippen molar-refractivity contribution in [2.24, 2.45) is 0 Å². The van der Waals surface area contributed by atoms with Crippen molar-refractivity contribution in [2.75, 3.05) is 12.8 Å². The Morgan fingerprint density at radius 1 is 1.21 bits per heavy atom. The minimum absolute atomic E-state index is 0.0632. The molecular formula is C16H24N2O. The number of hydrogen-bond acceptors (Lipinski definition) is 3. The third-order valence-corrected chi connectivity index (χ3v) is 4.34. The van der Waals surface area contributed by atoms with E-state index in [0.29, 0.717) is 11.7 Å². The van der Waals surface area contributed by atoms with E-state index < -0.39 is 0 Å². The third-order valence-electron chi connectivity index (χ3n) is 4.34. The third kappa shape index (κ3) is 3.35. The zero-order valence-electron chi connectivity index (χ0n) is 11.9. The van der Waals surface area contributed by atoms with Crippen molar-refractivity contribution in [1.29, 1.82) is 0 Å². The molecule has 2 rings (SSSR count). The van der Waals surface area contributed by atoms with Gasteiger partial charge in [0.1, 0.15) is 0 Å². The minimum Gasteiger partial charge on any atom is -0.399 e. The first-order valence-corrected chi connectivity index (χ1v) is 7.21. The van der Waals surface area contributed by atoms with E-state index >= 15 is 0 Å². The molecule has 0 radical (unpaired) electrons. The molecule has 1 aromatic rings. The quantitative estimate of drug-likeness (QED) is 0.668. The lowest BCUT2D eigenvalue weighted by Gasteiger charge is -2.34. The van der Waals surface area contributed by atoms with E-state index in [4.69, 9.17) is 5.73 Å². The van der Waals surface area contributed by atoms with Crippen LogP contribution in [0.15, 0.2) is 24.3 Å². The Balaban J connectivity index is 2.03. The monoisotopic (exact) mass is 260 g/mol. The van der Waals surface area contributed by atoms with Crippen LogP contribution in [0, 0.1) is 0 Å². The summed E-state index contributed by atoms with van der Waals surface area (Å²) in [5, 5.41) is 0. The lowest BCUT2D eigenvalue weighted by molar-refractivity contribution is 0.0778. The van der Waals surface area contributed by atoms with E-state index in [-0.39, 0.29) is 11.8 Å². The number of anilines is 1. The number of hydrogen-bond donors (Lipinski definition) is 1. The van der Waals surface area contributed by atoms with Crippen molar-refractivity contribution < 1.29 is 4.79 Å². The van der Waals surface area contributed by atoms with Gasteiger partial charge in [0.25, 0.3) is 0 Å². The molecule has 2 N–H and O–H groups in total. The van der Waals surface area contributed by atoms with Crippen molar-refractivity contribution in [3.05, 3.63) is 29.8 Å². The predicted molar refractivity (Wildman–Crippen MR) is 79.3 cm³/mol. The topological polar surface area (TPSA) is 46.3 Å². The van der Waals surface area contributed by atoms with Crippen LogP contribution in [0.4, 0.5) is 5.69 Å². The average molecular weight is 260 g/mol. The number of likely N-dealkylation sites (N-methyl/N-ethyl adjacent to an activating group) is 1. The summed E-state index contributed by atoms with van der Waals surface area (Å²) >= 11 is 0. The van der Waals surface area contributed by atoms with Gasteiger partial charge < -0.3 is 5.73 Å². The number of Topliss-reactive ketones (excluding diaryl/α,β-unsaturated/α-hetero) is 1. The van der Waals surface area contributed by atoms with Gasteiger partial charge in [0.15, 0.2) is 5.78 Å². The molecule has 1 unspecified atom stereocenters. The summed E-state index contributed by atoms with van der Waals surface area (Å²) in [5.74, 6) is 0.188. The highest BCUT2D eigenvalue weighted by Crippen LogP contribution is 2.24. The zero-order chi connectivity index (χ0) is 13.8. The normalized spacial score (nSPS) is 18.5. The molecule has 19 heavy (non-hydrogen) atoms. The Kier molecular flexibility index (Phi) is 4.59. The molecule has 104 valence electrons. The van der Waals surface area contributed by atoms with Gasteiger partial charge in [0.2, 0.25) is 0 Å². The first-order valence-electron chi connectivity index (χ1n) is 7.21. The molecule has 3 nitrogen and oxygen atoms in total. The lowest BCUT2D eigenvalue weighted by atomic mass is 9.92. The fourth-order valence-electron chi connectivity index (χ4n) is 2.88. The van der Waals surface area contributed by atoms with Crippen LogP contribution in [0.1, 0.15) is 49.4 Å². The van der Waals surface area contributed by atoms with Gasteiger partial charge in [-0.05, 0) is 51.1 Å². The molecule has 0 aliphatic heterocycles. The molecule has 1 aromatic carbocycles. The molecule has 0 amide bonds. The first kappa shape index (κ1) is 14.1. The van der Waals surface area contributed by atoms with E-state index in [1.807, 2.05) is 19.1 Å². The largest absolute Gasteiger partial charge is 0.399 e. The van der Waals surface area contributed by atoms with Crippen LogP contribution in [-0.4, -0.2) is 29.8 Å². The molecular weight excluding hydrogens is 236 g/mol. The Hall–Kier alpha value is -1.35. The molecule has 1 saturated carbocycles. The summed E-state index contributed by atoms with van der Waals surface area (Å²) in [6.45, 7) is 2.01. The van der Waals surface area contributed by atoms with Gasteiger partial charge in [-0.2, -0.15) is 0 Å². The zero-order valence-corrected chi connectivity index (χ0v) is 11.9. The predicted octanol–water partition coefficient (Wildman–Crippen LogP) is 3.10. The Labute approximate surface area is 115 Å². The fraction of sp³-hybridized carbons (Fsp3) is 0.562. The maximum atomic E-state index is 12.5. The number of carbonyl (C=O) groups excluding carboxylic acids is 1. The molecule has 0 aromatic heterocycles. The number of nitrogens with zero attached hydrogens (tertiary/aromatic N) is 1. The Bertz CT molecular complexity index is 421. The number of rotatable bonds is 4. The summed E-state index contributed by atoms with van der Waals surface area (Å²) in [6.07, 6.45) is 6.35. The van der Waals surface area contributed by atoms with Gasteiger partial charge in [0, 0.05) is 17.3 Å². The molecule has 0 bridgehead atoms. The van der Waals surface area contributed by atoms with Crippen LogP contribution in [0.3, 0.4) is 0 Å². The van der Waals surface area contributed by atoms with Gasteiger partial charge in [-0.1, -0.05) is 19.3 Å². The Morgan fingerprint density at radius 3 is 2.37 bits per heavy atom. The van der Waals surface area contributed by atoms with Gasteiger partial charge in [-0.25, -0.2) is 0 Å². The van der Waals surface area contributed by atoms with E-state index in [1.54, 1.807) is 12.1 Å². The molecule has 1 aliphatic carbocycles. The smallest absolute Gasteiger partial charge is 0.179 e. The Morgan fingerprint density at radius 2 is 1.79 bits per heavy atom. The van der Waals surface area contributed by atoms with Crippen LogP contribution >= 0.6 is 0 Å². The lowest BCUT2D eigenvalue weighted by Crippen LogP contribution is -2.43. The second-order valence-corrected chi connectivity index (χ2v) is 5.62. The second-order valence-electron chi connectivity index (χ2n) is 5.62. The van der Waals surface area contributed by atoms with Crippen molar-refractivity contribution in [3.8, 4) is 0 Å². The van der Waals surface area contributed by atoms with Gasteiger partial charge in [-0.15, -0.1) is 0 Å². The minimum atomic E-state index is -0.0632. The summed E-state index contributed by atoms with van der Waals surface area (Å²) in [5.41, 5.74) is 7.11. The average Bonchev–Trinajstić information content (AvgIpc) is 2.46. The maximum Gasteiger partial charge on any atom is 0.179 e. The summed E-state index contributed by atoms with van der Waals surface area (Å²) in [4.78, 5) is 14.7. The molecule has 3 heteroatoms. The molecule has 1 atom stereocenters. The summed E-state index contributed by atoms with van der Waals surface area (Å²) < 4.78 is 0. The number of nitrogens with two attached hydrogens (primary N) is 1. The highest BCUT2D eigenvalue weighted by Gasteiger charge is 2.26. The number of carbonyl (C=O) groups is 1. The number of nitrogen functional groups attached to an aromatic ring is 1. The summed E-state index contributed by atoms with van der Waals surface area (Å²) in [7, 11) is 2.08. The van der Waals surface area contributed by atoms with Crippen LogP contribution in [0.25, 0.3) is 0 Å². The standard InChI is InChI=1S/C16H24N2O/c1-12(18(2)15-6-4-3-5-7-15)16(19)13-8-10-14(17)11-9-13/h8-12,15H,3-7,17H2,1-2H3. The van der Waals surface area contributed by atoms with E-state index in [0.717, 1.165) is 5.56 Å². The van der Waals surface area contributed by atoms with Crippen molar-refractivity contribution in [3.63, 3.8) is 0 Å². The summed E-state index contributed by atoms with van der Waals surface area (Å²) in [6, 6.07) is 7.72. The molecule has 0 heterocycles. The van der Waals surface area contributed by atoms with Crippen LogP contribution in [-0.2, 0) is 0 Å². The SMILES string of the molecule is CC(C(=O)c1ccc(N)cc1)N(C)C1CCCCC1. The van der Waals surface area contributed by atoms with Gasteiger partial charge in [-0.3, -0.25) is 9.69 Å². The van der Waals surface area contributed by atoms with E-state index in [9.17, 15) is 4.79 Å². The highest BCUT2D eigenvalue weighted by molar-refractivity contribution is 6.00. The fourth-order valence-corrected chi connectivity index (χ4v) is 2.88. The van der Waals surface area contributed by atoms with E-state index in [2.05, 4.69) is 11.9 Å². The number of benzene rings is 1. The van der Waals surface area contributed by atoms with Crippen molar-refractivity contribution in [2.45, 2.75) is 51.1 Å². The molecule has 1 aliphatic rings. The highest BCUT2D eigenvalue weighted by atomic mass is 16.1. The van der Waals surface area contributed by atoms with E-state index in [1.165, 1.54) is 32.1 Å². The van der Waals surface area contributed by atoms with Crippen LogP contribution in [0.2, 0.25) is 0 Å². The number of ketones is 1. The van der Waals surface area contributed by atoms with Gasteiger partial charge >= 0.3 is 0 Å². The molecule has 0 saturated heterocycles. The van der Waals surface area contributed by atoms with Crippen molar-refractivity contribution >= 4 is 11.5 Å². The maximum absolute atomic E-state index is 12.5. The van der Waals surface area contributed by atoms with Crippen molar-refractivity contribution in [1.82, 2.24) is 4.90 Å². The molecule has 1 fully saturated rings. The van der Waals surface area contributed by atoms with Crippen LogP contribution < -0.4 is 5.73 Å². The van der Waals surface area contributed by atoms with Gasteiger partial charge in [0.05, 0.1) is 6.04 Å². The van der Waals surface area contributed by atoms with Crippen LogP contribution in [0.5, 0.6) is 0 Å².